The van der Waals surface area contributed by atoms with Crippen LogP contribution in [0.3, 0.4) is 0 Å². The van der Waals surface area contributed by atoms with Gasteiger partial charge in [0.2, 0.25) is 0 Å². The minimum absolute atomic E-state index is 0.253. The van der Waals surface area contributed by atoms with E-state index < -0.39 is 11.8 Å². The highest BCUT2D eigenvalue weighted by molar-refractivity contribution is 7.71. The van der Waals surface area contributed by atoms with Gasteiger partial charge in [-0.2, -0.15) is 9.37 Å². The van der Waals surface area contributed by atoms with Gasteiger partial charge in [-0.3, -0.25) is 0 Å². The Morgan fingerprint density at radius 3 is 2.88 bits per heavy atom. The molecule has 0 bridgehead atoms. The summed E-state index contributed by atoms with van der Waals surface area (Å²) in [6.45, 7) is 0.560. The molecule has 0 aliphatic rings. The van der Waals surface area contributed by atoms with Crippen LogP contribution in [0.5, 0.6) is 0 Å². The zero-order valence-electron chi connectivity index (χ0n) is 8.47. The molecule has 0 radical (unpaired) electrons. The summed E-state index contributed by atoms with van der Waals surface area (Å²) in [6, 6.07) is 2.79. The van der Waals surface area contributed by atoms with Crippen LogP contribution in [0.15, 0.2) is 12.1 Å². The molecule has 0 aromatic carbocycles. The molecule has 2 rings (SSSR count). The van der Waals surface area contributed by atoms with Crippen molar-refractivity contribution in [3.8, 4) is 0 Å². The molecular formula is C10H9F2N3S. The quantitative estimate of drug-likeness (QED) is 0.626. The Labute approximate surface area is 95.5 Å². The zero-order chi connectivity index (χ0) is 11.7. The largest absolute Gasteiger partial charge is 0.330 e. The van der Waals surface area contributed by atoms with Gasteiger partial charge in [0.1, 0.15) is 10.3 Å². The molecule has 0 spiro atoms. The normalized spacial score (nSPS) is 10.9. The number of nitrogens with zero attached hydrogens (tertiary/aromatic N) is 1. The molecule has 3 nitrogen and oxygen atoms in total. The van der Waals surface area contributed by atoms with Crippen molar-refractivity contribution in [2.45, 2.75) is 6.54 Å². The van der Waals surface area contributed by atoms with E-state index in [9.17, 15) is 8.78 Å². The monoisotopic (exact) mass is 241 g/mol. The van der Waals surface area contributed by atoms with Gasteiger partial charge in [-0.05, 0) is 19.2 Å². The van der Waals surface area contributed by atoms with Crippen molar-refractivity contribution in [1.82, 2.24) is 15.3 Å². The molecule has 0 saturated heterocycles. The molecule has 6 heteroatoms. The van der Waals surface area contributed by atoms with E-state index in [0.717, 1.165) is 11.6 Å². The fraction of sp³-hybridized carbons (Fsp3) is 0.200. The van der Waals surface area contributed by atoms with E-state index in [1.807, 2.05) is 0 Å². The molecule has 0 unspecified atom stereocenters. The molecule has 0 saturated carbocycles. The van der Waals surface area contributed by atoms with E-state index in [-0.39, 0.29) is 5.65 Å². The average molecular weight is 241 g/mol. The van der Waals surface area contributed by atoms with E-state index in [4.69, 9.17) is 12.2 Å². The number of H-pyrrole nitrogens is 1. The van der Waals surface area contributed by atoms with Crippen LogP contribution in [-0.2, 0) is 6.54 Å². The number of fused-ring (bicyclic) bond motifs is 1. The fourth-order valence-electron chi connectivity index (χ4n) is 1.45. The summed E-state index contributed by atoms with van der Waals surface area (Å²) in [4.78, 5) is 6.22. The minimum Gasteiger partial charge on any atom is -0.330 e. The lowest BCUT2D eigenvalue weighted by Gasteiger charge is -2.04. The number of pyridine rings is 2. The summed E-state index contributed by atoms with van der Waals surface area (Å²) < 4.78 is 26.3. The lowest BCUT2D eigenvalue weighted by atomic mass is 10.2. The Morgan fingerprint density at radius 1 is 1.44 bits per heavy atom. The van der Waals surface area contributed by atoms with Crippen molar-refractivity contribution in [1.29, 1.82) is 0 Å². The number of nitrogens with one attached hydrogen (secondary N) is 2. The van der Waals surface area contributed by atoms with Crippen LogP contribution in [0.4, 0.5) is 8.78 Å². The van der Waals surface area contributed by atoms with Gasteiger partial charge < -0.3 is 10.3 Å². The summed E-state index contributed by atoms with van der Waals surface area (Å²) in [6.07, 6.45) is 0. The SMILES string of the molecule is CNCc1cc2cc(F)c(F)nc2[nH]c1=S. The molecule has 0 fully saturated rings. The van der Waals surface area contributed by atoms with E-state index >= 15 is 0 Å². The lowest BCUT2D eigenvalue weighted by Crippen LogP contribution is -2.06. The van der Waals surface area contributed by atoms with Gasteiger partial charge in [0.05, 0.1) is 0 Å². The van der Waals surface area contributed by atoms with E-state index in [2.05, 4.69) is 15.3 Å². The summed E-state index contributed by atoms with van der Waals surface area (Å²) in [5.41, 5.74) is 1.07. The van der Waals surface area contributed by atoms with Gasteiger partial charge in [-0.15, -0.1) is 0 Å². The molecule has 0 aliphatic heterocycles. The second-order valence-corrected chi connectivity index (χ2v) is 3.76. The first-order valence-corrected chi connectivity index (χ1v) is 5.05. The van der Waals surface area contributed by atoms with Crippen LogP contribution < -0.4 is 5.32 Å². The minimum atomic E-state index is -1.13. The first kappa shape index (κ1) is 11.1. The Bertz CT molecular complexity index is 594. The predicted octanol–water partition coefficient (Wildman–Crippen LogP) is 2.29. The maximum absolute atomic E-state index is 13.0. The van der Waals surface area contributed by atoms with Gasteiger partial charge in [0.25, 0.3) is 5.95 Å². The van der Waals surface area contributed by atoms with Gasteiger partial charge in [0.15, 0.2) is 5.82 Å². The second kappa shape index (κ2) is 4.23. The number of aromatic nitrogens is 2. The summed E-state index contributed by atoms with van der Waals surface area (Å²) in [7, 11) is 1.78. The van der Waals surface area contributed by atoms with Crippen molar-refractivity contribution in [2.75, 3.05) is 7.05 Å². The standard InChI is InChI=1S/C10H9F2N3S/c1-13-4-6-2-5-3-7(11)8(12)14-9(5)15-10(6)16/h2-3,13H,4H2,1H3,(H,14,15,16). The van der Waals surface area contributed by atoms with Crippen molar-refractivity contribution < 1.29 is 8.78 Å². The Balaban J connectivity index is 2.70. The van der Waals surface area contributed by atoms with Crippen molar-refractivity contribution in [3.63, 3.8) is 0 Å². The topological polar surface area (TPSA) is 40.7 Å². The highest BCUT2D eigenvalue weighted by atomic mass is 32.1. The van der Waals surface area contributed by atoms with Crippen LogP contribution in [0.25, 0.3) is 11.0 Å². The number of hydrogen-bond acceptors (Lipinski definition) is 3. The van der Waals surface area contributed by atoms with E-state index in [1.165, 1.54) is 0 Å². The third kappa shape index (κ3) is 1.94. The number of rotatable bonds is 2. The van der Waals surface area contributed by atoms with Crippen LogP contribution in [-0.4, -0.2) is 17.0 Å². The summed E-state index contributed by atoms with van der Waals surface area (Å²) in [5.74, 6) is -2.09. The number of aromatic amines is 1. The van der Waals surface area contributed by atoms with E-state index in [0.29, 0.717) is 16.6 Å². The molecule has 2 N–H and O–H groups in total. The highest BCUT2D eigenvalue weighted by Gasteiger charge is 2.07. The van der Waals surface area contributed by atoms with Crippen LogP contribution in [0, 0.1) is 16.4 Å². The highest BCUT2D eigenvalue weighted by Crippen LogP contribution is 2.15. The number of halogens is 2. The van der Waals surface area contributed by atoms with Gasteiger partial charge in [-0.1, -0.05) is 12.2 Å². The molecule has 0 amide bonds. The van der Waals surface area contributed by atoms with Crippen molar-refractivity contribution in [2.24, 2.45) is 0 Å². The van der Waals surface area contributed by atoms with Crippen molar-refractivity contribution >= 4 is 23.3 Å². The van der Waals surface area contributed by atoms with Gasteiger partial charge in [0, 0.05) is 17.5 Å². The molecule has 2 aromatic rings. The van der Waals surface area contributed by atoms with Gasteiger partial charge in [-0.25, -0.2) is 4.39 Å². The predicted molar refractivity (Wildman–Crippen MR) is 59.6 cm³/mol. The molecule has 2 aromatic heterocycles. The first-order chi connectivity index (χ1) is 7.61. The third-order valence-electron chi connectivity index (χ3n) is 2.18. The number of hydrogen-bond donors (Lipinski definition) is 2. The lowest BCUT2D eigenvalue weighted by molar-refractivity contribution is 0.483. The Kier molecular flexibility index (Phi) is 2.93. The molecule has 0 atom stereocenters. The molecule has 84 valence electrons. The van der Waals surface area contributed by atoms with E-state index in [1.54, 1.807) is 13.1 Å². The van der Waals surface area contributed by atoms with Crippen LogP contribution in [0.2, 0.25) is 0 Å². The summed E-state index contributed by atoms with van der Waals surface area (Å²) >= 11 is 5.07. The average Bonchev–Trinajstić information content (AvgIpc) is 2.23. The zero-order valence-corrected chi connectivity index (χ0v) is 9.29. The van der Waals surface area contributed by atoms with Gasteiger partial charge >= 0.3 is 0 Å². The van der Waals surface area contributed by atoms with Crippen molar-refractivity contribution in [3.05, 3.63) is 34.1 Å². The third-order valence-corrected chi connectivity index (χ3v) is 2.55. The molecule has 0 aliphatic carbocycles. The fourth-order valence-corrected chi connectivity index (χ4v) is 1.68. The van der Waals surface area contributed by atoms with Crippen LogP contribution >= 0.6 is 12.2 Å². The Hall–Kier alpha value is -1.40. The maximum atomic E-state index is 13.0. The molecular weight excluding hydrogens is 232 g/mol. The Morgan fingerprint density at radius 2 is 2.19 bits per heavy atom. The second-order valence-electron chi connectivity index (χ2n) is 3.35. The molecule has 16 heavy (non-hydrogen) atoms. The van der Waals surface area contributed by atoms with Crippen LogP contribution in [0.1, 0.15) is 5.56 Å². The smallest absolute Gasteiger partial charge is 0.250 e. The maximum Gasteiger partial charge on any atom is 0.250 e. The first-order valence-electron chi connectivity index (χ1n) is 4.64. The summed E-state index contributed by atoms with van der Waals surface area (Å²) in [5, 5.41) is 3.44. The molecule has 2 heterocycles.